The van der Waals surface area contributed by atoms with Gasteiger partial charge in [0.15, 0.2) is 0 Å². The molecule has 2 aromatic carbocycles. The number of rotatable bonds is 9. The molecule has 6 heteroatoms. The summed E-state index contributed by atoms with van der Waals surface area (Å²) in [7, 11) is 0. The molecule has 0 aliphatic rings. The molecule has 0 saturated heterocycles. The van der Waals surface area contributed by atoms with Crippen molar-refractivity contribution in [3.8, 4) is 0 Å². The third-order valence-electron chi connectivity index (χ3n) is 3.39. The van der Waals surface area contributed by atoms with Crippen LogP contribution in [0.3, 0.4) is 0 Å². The van der Waals surface area contributed by atoms with Gasteiger partial charge in [0.1, 0.15) is 12.2 Å². The van der Waals surface area contributed by atoms with Gasteiger partial charge in [0, 0.05) is 10.0 Å². The fourth-order valence-electron chi connectivity index (χ4n) is 1.98. The van der Waals surface area contributed by atoms with E-state index in [0.717, 1.165) is 11.1 Å². The van der Waals surface area contributed by atoms with E-state index in [1.165, 1.54) is 0 Å². The van der Waals surface area contributed by atoms with Gasteiger partial charge >= 0.3 is 0 Å². The molecule has 130 valence electrons. The van der Waals surface area contributed by atoms with Crippen LogP contribution in [0.15, 0.2) is 48.5 Å². The Morgan fingerprint density at radius 3 is 1.33 bits per heavy atom. The minimum atomic E-state index is -1.01. The Labute approximate surface area is 151 Å². The van der Waals surface area contributed by atoms with Gasteiger partial charge in [-0.3, -0.25) is 0 Å². The van der Waals surface area contributed by atoms with Crippen molar-refractivity contribution < 1.29 is 19.7 Å². The highest BCUT2D eigenvalue weighted by Gasteiger charge is 2.16. The van der Waals surface area contributed by atoms with E-state index in [9.17, 15) is 10.2 Å². The van der Waals surface area contributed by atoms with Crippen molar-refractivity contribution in [3.05, 3.63) is 69.7 Å². The molecule has 24 heavy (non-hydrogen) atoms. The van der Waals surface area contributed by atoms with Gasteiger partial charge in [-0.25, -0.2) is 0 Å². The molecule has 0 aliphatic heterocycles. The van der Waals surface area contributed by atoms with E-state index in [2.05, 4.69) is 0 Å². The molecule has 0 spiro atoms. The first-order chi connectivity index (χ1) is 11.5. The summed E-state index contributed by atoms with van der Waals surface area (Å²) in [6.45, 7) is 0.724. The van der Waals surface area contributed by atoms with Crippen LogP contribution in [0.2, 0.25) is 10.0 Å². The molecule has 4 nitrogen and oxygen atoms in total. The smallest absolute Gasteiger partial charge is 0.105 e. The molecule has 2 aromatic rings. The average Bonchev–Trinajstić information content (AvgIpc) is 2.58. The van der Waals surface area contributed by atoms with E-state index >= 15 is 0 Å². The highest BCUT2D eigenvalue weighted by molar-refractivity contribution is 6.30. The Balaban J connectivity index is 1.63. The lowest BCUT2D eigenvalue weighted by molar-refractivity contribution is -0.0758. The summed E-state index contributed by atoms with van der Waals surface area (Å²) >= 11 is 11.6. The summed E-state index contributed by atoms with van der Waals surface area (Å²) in [6.07, 6.45) is -2.02. The SMILES string of the molecule is O[C@H](COCc1ccc(Cl)cc1)[C@@H](O)COCc1ccc(Cl)cc1. The van der Waals surface area contributed by atoms with Crippen molar-refractivity contribution >= 4 is 23.2 Å². The lowest BCUT2D eigenvalue weighted by atomic mass is 10.2. The summed E-state index contributed by atoms with van der Waals surface area (Å²) in [4.78, 5) is 0. The van der Waals surface area contributed by atoms with Crippen LogP contribution in [0.4, 0.5) is 0 Å². The minimum absolute atomic E-state index is 0.0219. The van der Waals surface area contributed by atoms with Gasteiger partial charge in [-0.15, -0.1) is 0 Å². The molecule has 0 heterocycles. The van der Waals surface area contributed by atoms with Crippen molar-refractivity contribution in [3.63, 3.8) is 0 Å². The predicted octanol–water partition coefficient (Wildman–Crippen LogP) is 3.45. The molecular formula is C18H20Cl2O4. The van der Waals surface area contributed by atoms with Crippen LogP contribution in [0, 0.1) is 0 Å². The number of hydrogen-bond donors (Lipinski definition) is 2. The van der Waals surface area contributed by atoms with E-state index in [-0.39, 0.29) is 13.2 Å². The first kappa shape index (κ1) is 19.2. The number of hydrogen-bond acceptors (Lipinski definition) is 4. The van der Waals surface area contributed by atoms with Gasteiger partial charge in [-0.05, 0) is 35.4 Å². The fraction of sp³-hybridized carbons (Fsp3) is 0.333. The van der Waals surface area contributed by atoms with E-state index in [1.807, 2.05) is 24.3 Å². The molecule has 0 aromatic heterocycles. The van der Waals surface area contributed by atoms with Gasteiger partial charge in [-0.1, -0.05) is 47.5 Å². The topological polar surface area (TPSA) is 58.9 Å². The van der Waals surface area contributed by atoms with Crippen molar-refractivity contribution in [2.75, 3.05) is 13.2 Å². The Kier molecular flexibility index (Phi) is 7.99. The number of benzene rings is 2. The lowest BCUT2D eigenvalue weighted by Crippen LogP contribution is -2.34. The quantitative estimate of drug-likeness (QED) is 0.709. The second-order valence-corrected chi connectivity index (χ2v) is 6.29. The third kappa shape index (κ3) is 6.77. The van der Waals surface area contributed by atoms with Gasteiger partial charge in [0.2, 0.25) is 0 Å². The van der Waals surface area contributed by atoms with Crippen molar-refractivity contribution in [2.45, 2.75) is 25.4 Å². The molecule has 0 bridgehead atoms. The standard InChI is InChI=1S/C18H20Cl2O4/c19-15-5-1-13(2-6-15)9-23-11-17(21)18(22)12-24-10-14-3-7-16(20)8-4-14/h1-8,17-18,21-22H,9-12H2/t17-,18+. The maximum absolute atomic E-state index is 9.88. The van der Waals surface area contributed by atoms with Crippen LogP contribution in [-0.2, 0) is 22.7 Å². The zero-order valence-electron chi connectivity index (χ0n) is 13.1. The molecular weight excluding hydrogens is 351 g/mol. The molecule has 2 atom stereocenters. The lowest BCUT2D eigenvalue weighted by Gasteiger charge is -2.18. The highest BCUT2D eigenvalue weighted by Crippen LogP contribution is 2.12. The Bertz CT molecular complexity index is 546. The van der Waals surface area contributed by atoms with Crippen LogP contribution in [-0.4, -0.2) is 35.6 Å². The monoisotopic (exact) mass is 370 g/mol. The normalized spacial score (nSPS) is 13.7. The Hall–Kier alpha value is -1.14. The summed E-state index contributed by atoms with van der Waals surface area (Å²) in [5.74, 6) is 0. The molecule has 0 unspecified atom stereocenters. The minimum Gasteiger partial charge on any atom is -0.388 e. The van der Waals surface area contributed by atoms with Gasteiger partial charge in [0.25, 0.3) is 0 Å². The summed E-state index contributed by atoms with van der Waals surface area (Å²) in [5.41, 5.74) is 1.89. The third-order valence-corrected chi connectivity index (χ3v) is 3.89. The molecule has 0 aliphatic carbocycles. The molecule has 2 N–H and O–H groups in total. The number of ether oxygens (including phenoxy) is 2. The fourth-order valence-corrected chi connectivity index (χ4v) is 2.23. The van der Waals surface area contributed by atoms with Crippen LogP contribution < -0.4 is 0 Å². The number of halogens is 2. The summed E-state index contributed by atoms with van der Waals surface area (Å²) in [5, 5.41) is 21.1. The van der Waals surface area contributed by atoms with Crippen molar-refractivity contribution in [1.29, 1.82) is 0 Å². The van der Waals surface area contributed by atoms with Crippen LogP contribution in [0.5, 0.6) is 0 Å². The van der Waals surface area contributed by atoms with Gasteiger partial charge in [0.05, 0.1) is 26.4 Å². The molecule has 0 amide bonds. The van der Waals surface area contributed by atoms with E-state index in [1.54, 1.807) is 24.3 Å². The largest absolute Gasteiger partial charge is 0.388 e. The Morgan fingerprint density at radius 1 is 0.667 bits per heavy atom. The van der Waals surface area contributed by atoms with Crippen LogP contribution in [0.1, 0.15) is 11.1 Å². The molecule has 0 saturated carbocycles. The van der Waals surface area contributed by atoms with E-state index in [4.69, 9.17) is 32.7 Å². The predicted molar refractivity (Wildman–Crippen MR) is 94.2 cm³/mol. The zero-order chi connectivity index (χ0) is 17.4. The van der Waals surface area contributed by atoms with Gasteiger partial charge < -0.3 is 19.7 Å². The van der Waals surface area contributed by atoms with Gasteiger partial charge in [-0.2, -0.15) is 0 Å². The first-order valence-electron chi connectivity index (χ1n) is 7.55. The highest BCUT2D eigenvalue weighted by atomic mass is 35.5. The second kappa shape index (κ2) is 9.99. The molecule has 2 rings (SSSR count). The first-order valence-corrected chi connectivity index (χ1v) is 8.30. The van der Waals surface area contributed by atoms with Crippen LogP contribution >= 0.6 is 23.2 Å². The van der Waals surface area contributed by atoms with Crippen LogP contribution in [0.25, 0.3) is 0 Å². The second-order valence-electron chi connectivity index (χ2n) is 5.42. The zero-order valence-corrected chi connectivity index (χ0v) is 14.6. The Morgan fingerprint density at radius 2 is 1.00 bits per heavy atom. The number of aliphatic hydroxyl groups is 2. The maximum Gasteiger partial charge on any atom is 0.105 e. The van der Waals surface area contributed by atoms with E-state index < -0.39 is 12.2 Å². The molecule has 0 fully saturated rings. The van der Waals surface area contributed by atoms with E-state index in [0.29, 0.717) is 23.3 Å². The maximum atomic E-state index is 9.88. The van der Waals surface area contributed by atoms with Crippen molar-refractivity contribution in [1.82, 2.24) is 0 Å². The van der Waals surface area contributed by atoms with Crippen molar-refractivity contribution in [2.24, 2.45) is 0 Å². The number of aliphatic hydroxyl groups excluding tert-OH is 2. The average molecular weight is 371 g/mol. The molecule has 0 radical (unpaired) electrons. The summed E-state index contributed by atoms with van der Waals surface area (Å²) < 4.78 is 10.8. The summed E-state index contributed by atoms with van der Waals surface area (Å²) in [6, 6.07) is 14.5.